The molecule has 1 atom stereocenters. The summed E-state index contributed by atoms with van der Waals surface area (Å²) in [6.07, 6.45) is 0.603. The number of rotatable bonds is 3. The fourth-order valence-corrected chi connectivity index (χ4v) is 1.41. The summed E-state index contributed by atoms with van der Waals surface area (Å²) in [5.41, 5.74) is 7.32. The van der Waals surface area contributed by atoms with Gasteiger partial charge in [0.1, 0.15) is 0 Å². The Morgan fingerprint density at radius 3 is 3.00 bits per heavy atom. The summed E-state index contributed by atoms with van der Waals surface area (Å²) < 4.78 is 0. The lowest BCUT2D eigenvalue weighted by Crippen LogP contribution is -2.35. The molecule has 1 heterocycles. The van der Waals surface area contributed by atoms with Crippen LogP contribution in [0.2, 0.25) is 0 Å². The number of fused-ring (bicyclic) bond motifs is 1. The van der Waals surface area contributed by atoms with Crippen molar-refractivity contribution >= 4 is 22.9 Å². The number of carbonyl (C=O) groups is 1. The number of benzene rings is 1. The molecule has 2 rings (SSSR count). The van der Waals surface area contributed by atoms with E-state index in [1.54, 1.807) is 0 Å². The van der Waals surface area contributed by atoms with Crippen LogP contribution in [0.15, 0.2) is 24.3 Å². The molecular formula is C11H14N4O. The third-order valence-corrected chi connectivity index (χ3v) is 2.41. The minimum absolute atomic E-state index is 0.221. The summed E-state index contributed by atoms with van der Waals surface area (Å²) >= 11 is 0. The second kappa shape index (κ2) is 4.32. The van der Waals surface area contributed by atoms with Gasteiger partial charge in [-0.2, -0.15) is 0 Å². The van der Waals surface area contributed by atoms with E-state index < -0.39 is 6.04 Å². The number of imidazole rings is 1. The van der Waals surface area contributed by atoms with Crippen molar-refractivity contribution in [3.63, 3.8) is 0 Å². The number of nitrogens with zero attached hydrogens (tertiary/aromatic N) is 1. The molecule has 0 spiro atoms. The third kappa shape index (κ3) is 2.04. The number of aromatic nitrogens is 2. The van der Waals surface area contributed by atoms with Crippen LogP contribution in [-0.2, 0) is 4.79 Å². The summed E-state index contributed by atoms with van der Waals surface area (Å²) in [6.45, 7) is 1.86. The van der Waals surface area contributed by atoms with E-state index in [4.69, 9.17) is 5.73 Å². The summed E-state index contributed by atoms with van der Waals surface area (Å²) in [4.78, 5) is 18.8. The normalized spacial score (nSPS) is 12.6. The van der Waals surface area contributed by atoms with Crippen LogP contribution in [0, 0.1) is 0 Å². The molecule has 84 valence electrons. The summed E-state index contributed by atoms with van der Waals surface area (Å²) in [5, 5.41) is 2.65. The molecule has 0 fully saturated rings. The van der Waals surface area contributed by atoms with Gasteiger partial charge < -0.3 is 10.7 Å². The second-order valence-corrected chi connectivity index (χ2v) is 3.61. The van der Waals surface area contributed by atoms with Crippen LogP contribution in [0.25, 0.3) is 11.0 Å². The van der Waals surface area contributed by atoms with Crippen molar-refractivity contribution in [3.05, 3.63) is 24.3 Å². The zero-order chi connectivity index (χ0) is 11.5. The fourth-order valence-electron chi connectivity index (χ4n) is 1.41. The molecule has 16 heavy (non-hydrogen) atoms. The van der Waals surface area contributed by atoms with Gasteiger partial charge in [0.2, 0.25) is 11.9 Å². The number of amides is 1. The number of aromatic amines is 1. The quantitative estimate of drug-likeness (QED) is 0.724. The van der Waals surface area contributed by atoms with E-state index in [-0.39, 0.29) is 5.91 Å². The molecular weight excluding hydrogens is 204 g/mol. The van der Waals surface area contributed by atoms with E-state index in [9.17, 15) is 4.79 Å². The zero-order valence-corrected chi connectivity index (χ0v) is 9.03. The number of nitrogens with one attached hydrogen (secondary N) is 2. The van der Waals surface area contributed by atoms with Crippen LogP contribution < -0.4 is 11.1 Å². The highest BCUT2D eigenvalue weighted by molar-refractivity contribution is 5.94. The first-order chi connectivity index (χ1) is 7.70. The lowest BCUT2D eigenvalue weighted by molar-refractivity contribution is -0.117. The topological polar surface area (TPSA) is 83.8 Å². The highest BCUT2D eigenvalue weighted by Gasteiger charge is 2.12. The van der Waals surface area contributed by atoms with Gasteiger partial charge in [0, 0.05) is 0 Å². The van der Waals surface area contributed by atoms with Crippen LogP contribution in [0.4, 0.5) is 5.95 Å². The Labute approximate surface area is 93.1 Å². The van der Waals surface area contributed by atoms with Gasteiger partial charge in [-0.3, -0.25) is 10.1 Å². The molecule has 5 heteroatoms. The average molecular weight is 218 g/mol. The maximum atomic E-state index is 11.5. The lowest BCUT2D eigenvalue weighted by Gasteiger charge is -2.06. The Hall–Kier alpha value is -1.88. The largest absolute Gasteiger partial charge is 0.324 e. The molecule has 0 aliphatic heterocycles. The van der Waals surface area contributed by atoms with Gasteiger partial charge in [-0.05, 0) is 18.6 Å². The van der Waals surface area contributed by atoms with E-state index in [2.05, 4.69) is 15.3 Å². The Morgan fingerprint density at radius 1 is 1.56 bits per heavy atom. The number of hydrogen-bond donors (Lipinski definition) is 3. The Bertz CT molecular complexity index is 472. The fraction of sp³-hybridized carbons (Fsp3) is 0.273. The van der Waals surface area contributed by atoms with E-state index >= 15 is 0 Å². The molecule has 0 saturated carbocycles. The lowest BCUT2D eigenvalue weighted by atomic mass is 10.2. The van der Waals surface area contributed by atoms with Crippen LogP contribution in [0.1, 0.15) is 13.3 Å². The van der Waals surface area contributed by atoms with Gasteiger partial charge >= 0.3 is 0 Å². The van der Waals surface area contributed by atoms with Crippen molar-refractivity contribution in [1.29, 1.82) is 0 Å². The van der Waals surface area contributed by atoms with Crippen LogP contribution in [0.5, 0.6) is 0 Å². The summed E-state index contributed by atoms with van der Waals surface area (Å²) in [6, 6.07) is 7.09. The number of carbonyl (C=O) groups excluding carboxylic acids is 1. The highest BCUT2D eigenvalue weighted by Crippen LogP contribution is 2.13. The molecule has 1 aromatic carbocycles. The monoisotopic (exact) mass is 218 g/mol. The molecule has 0 saturated heterocycles. The molecule has 0 radical (unpaired) electrons. The van der Waals surface area contributed by atoms with Crippen molar-refractivity contribution in [2.45, 2.75) is 19.4 Å². The number of hydrogen-bond acceptors (Lipinski definition) is 3. The van der Waals surface area contributed by atoms with Gasteiger partial charge in [-0.25, -0.2) is 4.98 Å². The first-order valence-electron chi connectivity index (χ1n) is 5.22. The van der Waals surface area contributed by atoms with Crippen LogP contribution in [0.3, 0.4) is 0 Å². The van der Waals surface area contributed by atoms with Crippen molar-refractivity contribution in [2.75, 3.05) is 5.32 Å². The van der Waals surface area contributed by atoms with Gasteiger partial charge in [0.05, 0.1) is 17.1 Å². The summed E-state index contributed by atoms with van der Waals surface area (Å²) in [5.74, 6) is 0.219. The van der Waals surface area contributed by atoms with Gasteiger partial charge in [0.15, 0.2) is 0 Å². The minimum atomic E-state index is -0.492. The zero-order valence-electron chi connectivity index (χ0n) is 9.03. The van der Waals surface area contributed by atoms with Crippen molar-refractivity contribution < 1.29 is 4.79 Å². The van der Waals surface area contributed by atoms with Gasteiger partial charge in [-0.1, -0.05) is 19.1 Å². The molecule has 0 aliphatic carbocycles. The smallest absolute Gasteiger partial charge is 0.243 e. The van der Waals surface area contributed by atoms with E-state index in [0.29, 0.717) is 12.4 Å². The SMILES string of the molecule is CC[C@@H](N)C(=O)Nc1nc2ccccc2[nH]1. The van der Waals surface area contributed by atoms with Crippen molar-refractivity contribution in [2.24, 2.45) is 5.73 Å². The van der Waals surface area contributed by atoms with Crippen LogP contribution >= 0.6 is 0 Å². The van der Waals surface area contributed by atoms with E-state index in [1.165, 1.54) is 0 Å². The third-order valence-electron chi connectivity index (χ3n) is 2.41. The molecule has 2 aromatic rings. The van der Waals surface area contributed by atoms with Crippen molar-refractivity contribution in [1.82, 2.24) is 9.97 Å². The second-order valence-electron chi connectivity index (χ2n) is 3.61. The Morgan fingerprint density at radius 2 is 2.31 bits per heavy atom. The maximum absolute atomic E-state index is 11.5. The van der Waals surface area contributed by atoms with Crippen LogP contribution in [-0.4, -0.2) is 21.9 Å². The highest BCUT2D eigenvalue weighted by atomic mass is 16.2. The Kier molecular flexibility index (Phi) is 2.87. The number of H-pyrrole nitrogens is 1. The van der Waals surface area contributed by atoms with Crippen molar-refractivity contribution in [3.8, 4) is 0 Å². The predicted octanol–water partition coefficient (Wildman–Crippen LogP) is 1.24. The van der Waals surface area contributed by atoms with Gasteiger partial charge in [0.25, 0.3) is 0 Å². The van der Waals surface area contributed by atoms with E-state index in [1.807, 2.05) is 31.2 Å². The predicted molar refractivity (Wildman–Crippen MR) is 63.0 cm³/mol. The number of nitrogens with two attached hydrogens (primary N) is 1. The first-order valence-corrected chi connectivity index (χ1v) is 5.22. The average Bonchev–Trinajstić information content (AvgIpc) is 2.69. The molecule has 1 amide bonds. The minimum Gasteiger partial charge on any atom is -0.324 e. The first kappa shape index (κ1) is 10.6. The van der Waals surface area contributed by atoms with Gasteiger partial charge in [-0.15, -0.1) is 0 Å². The molecule has 5 nitrogen and oxygen atoms in total. The van der Waals surface area contributed by atoms with E-state index in [0.717, 1.165) is 11.0 Å². The molecule has 0 bridgehead atoms. The molecule has 1 aromatic heterocycles. The maximum Gasteiger partial charge on any atom is 0.243 e. The summed E-state index contributed by atoms with van der Waals surface area (Å²) in [7, 11) is 0. The number of para-hydroxylation sites is 2. The standard InChI is InChI=1S/C11H14N4O/c1-2-7(12)10(16)15-11-13-8-5-3-4-6-9(8)14-11/h3-7H,2,12H2,1H3,(H2,13,14,15,16)/t7-/m1/s1. The molecule has 4 N–H and O–H groups in total. The number of anilines is 1. The molecule has 0 aliphatic rings. The Balaban J connectivity index is 2.18. The molecule has 0 unspecified atom stereocenters.